The maximum Gasteiger partial charge on any atom is 0.165 e. The van der Waals surface area contributed by atoms with E-state index in [9.17, 15) is 9.50 Å². The molecule has 0 aliphatic heterocycles. The minimum absolute atomic E-state index is 0.161. The fourth-order valence-electron chi connectivity index (χ4n) is 1.55. The molecule has 0 fully saturated rings. The van der Waals surface area contributed by atoms with Crippen molar-refractivity contribution < 1.29 is 14.2 Å². The second-order valence-electron chi connectivity index (χ2n) is 3.86. The van der Waals surface area contributed by atoms with Crippen molar-refractivity contribution in [3.05, 3.63) is 59.4 Å². The van der Waals surface area contributed by atoms with Gasteiger partial charge in [0.25, 0.3) is 0 Å². The first-order valence-corrected chi connectivity index (χ1v) is 5.97. The van der Waals surface area contributed by atoms with Crippen LogP contribution in [0.4, 0.5) is 4.39 Å². The van der Waals surface area contributed by atoms with Gasteiger partial charge in [-0.15, -0.1) is 11.6 Å². The first kappa shape index (κ1) is 12.7. The largest absolute Gasteiger partial charge is 0.508 e. The predicted octanol–water partition coefficient (Wildman–Crippen LogP) is 3.85. The highest BCUT2D eigenvalue weighted by Crippen LogP contribution is 2.21. The third kappa shape index (κ3) is 3.14. The number of benzene rings is 2. The average molecular weight is 267 g/mol. The zero-order valence-electron chi connectivity index (χ0n) is 9.57. The van der Waals surface area contributed by atoms with Gasteiger partial charge in [-0.1, -0.05) is 18.2 Å². The molecule has 0 aliphatic rings. The molecule has 0 aromatic heterocycles. The third-order valence-electron chi connectivity index (χ3n) is 2.46. The standard InChI is InChI=1S/C14H12ClFO2/c15-8-10-4-5-14(13(16)7-10)18-9-11-2-1-3-12(17)6-11/h1-7,17H,8-9H2. The second kappa shape index (κ2) is 5.74. The van der Waals surface area contributed by atoms with Crippen LogP contribution in [-0.2, 0) is 12.5 Å². The molecule has 0 unspecified atom stereocenters. The Labute approximate surface area is 110 Å². The number of hydrogen-bond donors (Lipinski definition) is 1. The van der Waals surface area contributed by atoms with Crippen LogP contribution in [-0.4, -0.2) is 5.11 Å². The fraction of sp³-hybridized carbons (Fsp3) is 0.143. The lowest BCUT2D eigenvalue weighted by Crippen LogP contribution is -1.97. The smallest absolute Gasteiger partial charge is 0.165 e. The molecule has 2 aromatic carbocycles. The zero-order chi connectivity index (χ0) is 13.0. The number of phenolic OH excluding ortho intramolecular Hbond substituents is 1. The van der Waals surface area contributed by atoms with E-state index in [1.54, 1.807) is 36.4 Å². The van der Waals surface area contributed by atoms with Crippen molar-refractivity contribution in [1.82, 2.24) is 0 Å². The minimum atomic E-state index is -0.437. The molecule has 0 heterocycles. The summed E-state index contributed by atoms with van der Waals surface area (Å²) in [5.41, 5.74) is 1.48. The van der Waals surface area contributed by atoms with Gasteiger partial charge < -0.3 is 9.84 Å². The van der Waals surface area contributed by atoms with Gasteiger partial charge in [-0.05, 0) is 35.4 Å². The van der Waals surface area contributed by atoms with Crippen molar-refractivity contribution in [3.63, 3.8) is 0 Å². The molecular formula is C14H12ClFO2. The molecule has 0 amide bonds. The van der Waals surface area contributed by atoms with Crippen LogP contribution in [0.3, 0.4) is 0 Å². The van der Waals surface area contributed by atoms with Gasteiger partial charge in [0.1, 0.15) is 12.4 Å². The van der Waals surface area contributed by atoms with Gasteiger partial charge in [-0.2, -0.15) is 0 Å². The number of halogens is 2. The van der Waals surface area contributed by atoms with E-state index in [4.69, 9.17) is 16.3 Å². The van der Waals surface area contributed by atoms with E-state index in [0.29, 0.717) is 5.56 Å². The molecule has 2 aromatic rings. The first-order chi connectivity index (χ1) is 8.69. The Morgan fingerprint density at radius 3 is 2.61 bits per heavy atom. The Balaban J connectivity index is 2.06. The molecule has 0 atom stereocenters. The van der Waals surface area contributed by atoms with Crippen LogP contribution >= 0.6 is 11.6 Å². The molecule has 4 heteroatoms. The summed E-state index contributed by atoms with van der Waals surface area (Å²) in [4.78, 5) is 0. The third-order valence-corrected chi connectivity index (χ3v) is 2.76. The molecule has 18 heavy (non-hydrogen) atoms. The van der Waals surface area contributed by atoms with Crippen molar-refractivity contribution in [2.45, 2.75) is 12.5 Å². The number of phenols is 1. The van der Waals surface area contributed by atoms with Gasteiger partial charge in [-0.3, -0.25) is 0 Å². The average Bonchev–Trinajstić information content (AvgIpc) is 2.37. The molecule has 0 saturated carbocycles. The molecule has 0 spiro atoms. The van der Waals surface area contributed by atoms with E-state index in [1.165, 1.54) is 6.07 Å². The molecule has 0 saturated heterocycles. The minimum Gasteiger partial charge on any atom is -0.508 e. The van der Waals surface area contributed by atoms with E-state index in [2.05, 4.69) is 0 Å². The highest BCUT2D eigenvalue weighted by atomic mass is 35.5. The van der Waals surface area contributed by atoms with Crippen LogP contribution in [0.15, 0.2) is 42.5 Å². The predicted molar refractivity (Wildman–Crippen MR) is 68.4 cm³/mol. The van der Waals surface area contributed by atoms with Gasteiger partial charge >= 0.3 is 0 Å². The second-order valence-corrected chi connectivity index (χ2v) is 4.12. The Morgan fingerprint density at radius 2 is 1.94 bits per heavy atom. The topological polar surface area (TPSA) is 29.5 Å². The Bertz CT molecular complexity index is 543. The molecule has 0 radical (unpaired) electrons. The van der Waals surface area contributed by atoms with Gasteiger partial charge in [0.05, 0.1) is 0 Å². The summed E-state index contributed by atoms with van der Waals surface area (Å²) in [6.07, 6.45) is 0. The van der Waals surface area contributed by atoms with E-state index in [0.717, 1.165) is 5.56 Å². The van der Waals surface area contributed by atoms with Gasteiger partial charge in [0, 0.05) is 5.88 Å². The Morgan fingerprint density at radius 1 is 1.11 bits per heavy atom. The number of alkyl halides is 1. The van der Waals surface area contributed by atoms with Crippen LogP contribution in [0.5, 0.6) is 11.5 Å². The highest BCUT2D eigenvalue weighted by molar-refractivity contribution is 6.17. The van der Waals surface area contributed by atoms with Crippen LogP contribution < -0.4 is 4.74 Å². The quantitative estimate of drug-likeness (QED) is 0.852. The maximum atomic E-state index is 13.6. The lowest BCUT2D eigenvalue weighted by molar-refractivity contribution is 0.289. The summed E-state index contributed by atoms with van der Waals surface area (Å²) in [6.45, 7) is 0.200. The molecule has 2 rings (SSSR count). The summed E-state index contributed by atoms with van der Waals surface area (Å²) in [5, 5.41) is 9.29. The Kier molecular flexibility index (Phi) is 4.05. The summed E-state index contributed by atoms with van der Waals surface area (Å²) in [7, 11) is 0. The van der Waals surface area contributed by atoms with Crippen molar-refractivity contribution in [2.24, 2.45) is 0 Å². The number of aromatic hydroxyl groups is 1. The first-order valence-electron chi connectivity index (χ1n) is 5.44. The normalized spacial score (nSPS) is 10.3. The molecule has 1 N–H and O–H groups in total. The lowest BCUT2D eigenvalue weighted by atomic mass is 10.2. The van der Waals surface area contributed by atoms with Crippen LogP contribution in [0, 0.1) is 5.82 Å². The van der Waals surface area contributed by atoms with E-state index in [-0.39, 0.29) is 24.0 Å². The van der Waals surface area contributed by atoms with Crippen LogP contribution in [0.2, 0.25) is 0 Å². The fourth-order valence-corrected chi connectivity index (χ4v) is 1.72. The lowest BCUT2D eigenvalue weighted by Gasteiger charge is -2.08. The van der Waals surface area contributed by atoms with Crippen molar-refractivity contribution in [3.8, 4) is 11.5 Å². The molecule has 0 aliphatic carbocycles. The summed E-state index contributed by atoms with van der Waals surface area (Å²) >= 11 is 5.61. The monoisotopic (exact) mass is 266 g/mol. The Hall–Kier alpha value is -1.74. The zero-order valence-corrected chi connectivity index (χ0v) is 10.3. The van der Waals surface area contributed by atoms with Gasteiger partial charge in [0.15, 0.2) is 11.6 Å². The van der Waals surface area contributed by atoms with Crippen molar-refractivity contribution in [1.29, 1.82) is 0 Å². The molecule has 2 nitrogen and oxygen atoms in total. The summed E-state index contributed by atoms with van der Waals surface area (Å²) < 4.78 is 18.9. The van der Waals surface area contributed by atoms with Gasteiger partial charge in [-0.25, -0.2) is 4.39 Å². The molecular weight excluding hydrogens is 255 g/mol. The highest BCUT2D eigenvalue weighted by Gasteiger charge is 2.05. The SMILES string of the molecule is Oc1cccc(COc2ccc(CCl)cc2F)c1. The van der Waals surface area contributed by atoms with Crippen LogP contribution in [0.25, 0.3) is 0 Å². The molecule has 94 valence electrons. The summed E-state index contributed by atoms with van der Waals surface area (Å²) in [6, 6.07) is 11.3. The maximum absolute atomic E-state index is 13.6. The van der Waals surface area contributed by atoms with Crippen LogP contribution in [0.1, 0.15) is 11.1 Å². The van der Waals surface area contributed by atoms with Gasteiger partial charge in [0.2, 0.25) is 0 Å². The van der Waals surface area contributed by atoms with E-state index in [1.807, 2.05) is 0 Å². The van der Waals surface area contributed by atoms with E-state index >= 15 is 0 Å². The van der Waals surface area contributed by atoms with E-state index < -0.39 is 5.82 Å². The molecule has 0 bridgehead atoms. The van der Waals surface area contributed by atoms with Crippen molar-refractivity contribution >= 4 is 11.6 Å². The summed E-state index contributed by atoms with van der Waals surface area (Å²) in [5.74, 6) is 0.165. The number of ether oxygens (including phenoxy) is 1. The number of rotatable bonds is 4. The number of hydrogen-bond acceptors (Lipinski definition) is 2. The van der Waals surface area contributed by atoms with Crippen molar-refractivity contribution in [2.75, 3.05) is 0 Å².